The monoisotopic (exact) mass is 261 g/mol. The molecule has 0 aliphatic heterocycles. The lowest BCUT2D eigenvalue weighted by atomic mass is 10.1. The van der Waals surface area contributed by atoms with Gasteiger partial charge in [0.05, 0.1) is 6.10 Å². The maximum absolute atomic E-state index is 9.55. The Balaban J connectivity index is 2.32. The van der Waals surface area contributed by atoms with E-state index in [1.807, 2.05) is 55.6 Å². The summed E-state index contributed by atoms with van der Waals surface area (Å²) >= 11 is 6.17. The maximum Gasteiger partial charge on any atom is 0.0776 e. The van der Waals surface area contributed by atoms with Crippen molar-refractivity contribution in [3.63, 3.8) is 0 Å². The highest BCUT2D eigenvalue weighted by Gasteiger charge is 2.09. The van der Waals surface area contributed by atoms with E-state index in [1.165, 1.54) is 0 Å². The van der Waals surface area contributed by atoms with Crippen molar-refractivity contribution in [3.8, 4) is 0 Å². The van der Waals surface area contributed by atoms with E-state index in [-0.39, 0.29) is 0 Å². The third kappa shape index (κ3) is 2.66. The minimum atomic E-state index is -0.548. The van der Waals surface area contributed by atoms with Crippen LogP contribution in [0.1, 0.15) is 18.6 Å². The number of aliphatic hydroxyl groups excluding tert-OH is 1. The largest absolute Gasteiger partial charge is 0.389 e. The first-order valence-electron chi connectivity index (χ1n) is 5.86. The Morgan fingerprint density at radius 2 is 1.72 bits per heavy atom. The second kappa shape index (κ2) is 5.42. The van der Waals surface area contributed by atoms with Gasteiger partial charge in [0.15, 0.2) is 0 Å². The van der Waals surface area contributed by atoms with Crippen LogP contribution in [0.5, 0.6) is 0 Å². The van der Waals surface area contributed by atoms with Gasteiger partial charge in [-0.3, -0.25) is 0 Å². The molecule has 0 aliphatic carbocycles. The fourth-order valence-corrected chi connectivity index (χ4v) is 2.20. The number of halogens is 1. The zero-order valence-corrected chi connectivity index (χ0v) is 11.2. The summed E-state index contributed by atoms with van der Waals surface area (Å²) in [7, 11) is 1.99. The Labute approximate surface area is 112 Å². The van der Waals surface area contributed by atoms with E-state index < -0.39 is 6.10 Å². The van der Waals surface area contributed by atoms with E-state index in [0.29, 0.717) is 5.02 Å². The van der Waals surface area contributed by atoms with Gasteiger partial charge in [-0.05, 0) is 36.8 Å². The zero-order valence-electron chi connectivity index (χ0n) is 10.5. The van der Waals surface area contributed by atoms with Crippen molar-refractivity contribution >= 4 is 23.0 Å². The van der Waals surface area contributed by atoms with Gasteiger partial charge in [-0.25, -0.2) is 0 Å². The summed E-state index contributed by atoms with van der Waals surface area (Å²) in [6, 6.07) is 15.8. The van der Waals surface area contributed by atoms with Crippen molar-refractivity contribution in [2.24, 2.45) is 0 Å². The third-order valence-corrected chi connectivity index (χ3v) is 3.29. The number of aliphatic hydroxyl groups is 1. The molecule has 0 spiro atoms. The van der Waals surface area contributed by atoms with Crippen LogP contribution in [0.2, 0.25) is 5.02 Å². The first-order chi connectivity index (χ1) is 8.59. The topological polar surface area (TPSA) is 23.5 Å². The summed E-state index contributed by atoms with van der Waals surface area (Å²) < 4.78 is 0. The van der Waals surface area contributed by atoms with Gasteiger partial charge < -0.3 is 10.0 Å². The first-order valence-corrected chi connectivity index (χ1v) is 6.23. The van der Waals surface area contributed by atoms with Gasteiger partial charge in [0.25, 0.3) is 0 Å². The second-order valence-electron chi connectivity index (χ2n) is 4.28. The molecular weight excluding hydrogens is 246 g/mol. The average molecular weight is 262 g/mol. The number of rotatable bonds is 3. The molecule has 94 valence electrons. The SMILES string of the molecule is CC(O)c1ccc(N(C)c2ccccc2)cc1Cl. The Kier molecular flexibility index (Phi) is 3.90. The van der Waals surface area contributed by atoms with Crippen molar-refractivity contribution in [2.75, 3.05) is 11.9 Å². The van der Waals surface area contributed by atoms with Gasteiger partial charge in [-0.15, -0.1) is 0 Å². The molecule has 0 amide bonds. The van der Waals surface area contributed by atoms with E-state index >= 15 is 0 Å². The smallest absolute Gasteiger partial charge is 0.0776 e. The van der Waals surface area contributed by atoms with Crippen LogP contribution in [0.4, 0.5) is 11.4 Å². The summed E-state index contributed by atoms with van der Waals surface area (Å²) in [5.74, 6) is 0. The van der Waals surface area contributed by atoms with Gasteiger partial charge in [0, 0.05) is 23.4 Å². The van der Waals surface area contributed by atoms with Gasteiger partial charge in [0.2, 0.25) is 0 Å². The molecule has 0 aromatic heterocycles. The van der Waals surface area contributed by atoms with E-state index in [0.717, 1.165) is 16.9 Å². The van der Waals surface area contributed by atoms with Crippen molar-refractivity contribution in [3.05, 3.63) is 59.1 Å². The van der Waals surface area contributed by atoms with Crippen molar-refractivity contribution in [1.82, 2.24) is 0 Å². The molecule has 0 saturated carbocycles. The minimum Gasteiger partial charge on any atom is -0.389 e. The Bertz CT molecular complexity index is 525. The Morgan fingerprint density at radius 1 is 1.06 bits per heavy atom. The molecule has 2 aromatic carbocycles. The van der Waals surface area contributed by atoms with Gasteiger partial charge >= 0.3 is 0 Å². The lowest BCUT2D eigenvalue weighted by Gasteiger charge is -2.20. The molecule has 0 bridgehead atoms. The number of anilines is 2. The van der Waals surface area contributed by atoms with Gasteiger partial charge in [-0.2, -0.15) is 0 Å². The average Bonchev–Trinajstić information content (AvgIpc) is 2.38. The molecule has 1 atom stereocenters. The summed E-state index contributed by atoms with van der Waals surface area (Å²) in [6.07, 6.45) is -0.548. The van der Waals surface area contributed by atoms with E-state index in [9.17, 15) is 5.11 Å². The standard InChI is InChI=1S/C15H16ClNO/c1-11(18)14-9-8-13(10-15(14)16)17(2)12-6-4-3-5-7-12/h3-11,18H,1-2H3. The van der Waals surface area contributed by atoms with Gasteiger partial charge in [0.1, 0.15) is 0 Å². The fourth-order valence-electron chi connectivity index (χ4n) is 1.86. The molecule has 18 heavy (non-hydrogen) atoms. The van der Waals surface area contributed by atoms with Crippen LogP contribution in [-0.2, 0) is 0 Å². The molecule has 0 heterocycles. The van der Waals surface area contributed by atoms with Crippen LogP contribution < -0.4 is 4.90 Å². The molecule has 0 saturated heterocycles. The summed E-state index contributed by atoms with van der Waals surface area (Å²) in [4.78, 5) is 2.05. The molecule has 1 unspecified atom stereocenters. The molecular formula is C15H16ClNO. The minimum absolute atomic E-state index is 0.548. The summed E-state index contributed by atoms with van der Waals surface area (Å²) in [5.41, 5.74) is 2.84. The second-order valence-corrected chi connectivity index (χ2v) is 4.68. The van der Waals surface area contributed by atoms with E-state index in [4.69, 9.17) is 11.6 Å². The van der Waals surface area contributed by atoms with Crippen LogP contribution in [-0.4, -0.2) is 12.2 Å². The molecule has 2 aromatic rings. The fraction of sp³-hybridized carbons (Fsp3) is 0.200. The Morgan fingerprint density at radius 3 is 2.28 bits per heavy atom. The highest BCUT2D eigenvalue weighted by atomic mass is 35.5. The molecule has 1 N–H and O–H groups in total. The highest BCUT2D eigenvalue weighted by Crippen LogP contribution is 2.30. The lowest BCUT2D eigenvalue weighted by Crippen LogP contribution is -2.09. The predicted molar refractivity (Wildman–Crippen MR) is 76.6 cm³/mol. The summed E-state index contributed by atoms with van der Waals surface area (Å²) in [6.45, 7) is 1.71. The quantitative estimate of drug-likeness (QED) is 0.897. The molecule has 0 fully saturated rings. The number of hydrogen-bond donors (Lipinski definition) is 1. The molecule has 3 heteroatoms. The predicted octanol–water partition coefficient (Wildman–Crippen LogP) is 4.16. The number of para-hydroxylation sites is 1. The van der Waals surface area contributed by atoms with Crippen molar-refractivity contribution < 1.29 is 5.11 Å². The summed E-state index contributed by atoms with van der Waals surface area (Å²) in [5, 5.41) is 10.1. The zero-order chi connectivity index (χ0) is 13.1. The van der Waals surface area contributed by atoms with Crippen molar-refractivity contribution in [1.29, 1.82) is 0 Å². The highest BCUT2D eigenvalue weighted by molar-refractivity contribution is 6.31. The van der Waals surface area contributed by atoms with E-state index in [2.05, 4.69) is 4.90 Å². The Hall–Kier alpha value is -1.51. The lowest BCUT2D eigenvalue weighted by molar-refractivity contribution is 0.199. The first kappa shape index (κ1) is 12.9. The van der Waals surface area contributed by atoms with Crippen LogP contribution >= 0.6 is 11.6 Å². The van der Waals surface area contributed by atoms with Crippen LogP contribution in [0.15, 0.2) is 48.5 Å². The number of hydrogen-bond acceptors (Lipinski definition) is 2. The van der Waals surface area contributed by atoms with Crippen LogP contribution in [0, 0.1) is 0 Å². The number of benzene rings is 2. The van der Waals surface area contributed by atoms with Crippen LogP contribution in [0.3, 0.4) is 0 Å². The molecule has 2 nitrogen and oxygen atoms in total. The normalized spacial score (nSPS) is 12.2. The third-order valence-electron chi connectivity index (χ3n) is 2.96. The van der Waals surface area contributed by atoms with Crippen molar-refractivity contribution in [2.45, 2.75) is 13.0 Å². The van der Waals surface area contributed by atoms with Gasteiger partial charge in [-0.1, -0.05) is 35.9 Å². The number of nitrogens with zero attached hydrogens (tertiary/aromatic N) is 1. The van der Waals surface area contributed by atoms with Crippen LogP contribution in [0.25, 0.3) is 0 Å². The van der Waals surface area contributed by atoms with E-state index in [1.54, 1.807) is 6.92 Å². The molecule has 2 rings (SSSR count). The molecule has 0 aliphatic rings. The molecule has 0 radical (unpaired) electrons. The maximum atomic E-state index is 9.55.